The smallest absolute Gasteiger partial charge is 0.265 e. The lowest BCUT2D eigenvalue weighted by Crippen LogP contribution is -2.40. The van der Waals surface area contributed by atoms with Gasteiger partial charge in [0, 0.05) is 37.6 Å². The van der Waals surface area contributed by atoms with Gasteiger partial charge in [-0.2, -0.15) is 5.10 Å². The van der Waals surface area contributed by atoms with Crippen LogP contribution >= 0.6 is 23.5 Å². The van der Waals surface area contributed by atoms with E-state index in [1.54, 1.807) is 18.2 Å². The fraction of sp³-hybridized carbons (Fsp3) is 0.526. The quantitative estimate of drug-likeness (QED) is 0.564. The number of hydrogen-bond donors (Lipinski definition) is 1. The molecule has 2 aliphatic rings. The number of aromatic nitrogens is 1. The number of amides is 1. The Morgan fingerprint density at radius 3 is 2.96 bits per heavy atom. The van der Waals surface area contributed by atoms with E-state index in [9.17, 15) is 4.79 Å². The molecule has 1 N–H and O–H groups in total. The molecule has 1 unspecified atom stereocenters. The average Bonchev–Trinajstić information content (AvgIpc) is 2.91. The number of nitrogens with zero attached hydrogens (tertiary/aromatic N) is 4. The molecule has 2 aliphatic heterocycles. The van der Waals surface area contributed by atoms with E-state index < -0.39 is 0 Å². The number of fused-ring (bicyclic) bond motifs is 4. The van der Waals surface area contributed by atoms with Crippen molar-refractivity contribution in [3.8, 4) is 0 Å². The summed E-state index contributed by atoms with van der Waals surface area (Å²) in [6.45, 7) is 9.93. The van der Waals surface area contributed by atoms with Crippen LogP contribution in [0.5, 0.6) is 0 Å². The number of carbonyl (C=O) groups is 1. The van der Waals surface area contributed by atoms with Crippen molar-refractivity contribution in [2.75, 3.05) is 25.0 Å². The van der Waals surface area contributed by atoms with Gasteiger partial charge in [-0.15, -0.1) is 0 Å². The minimum atomic E-state index is -0.215. The van der Waals surface area contributed by atoms with E-state index in [0.717, 1.165) is 44.3 Å². The third-order valence-electron chi connectivity index (χ3n) is 5.09. The molecule has 0 saturated carbocycles. The summed E-state index contributed by atoms with van der Waals surface area (Å²) in [6, 6.07) is 3.40. The molecule has 1 aromatic heterocycles. The van der Waals surface area contributed by atoms with Crippen LogP contribution in [0.1, 0.15) is 43.5 Å². The Morgan fingerprint density at radius 1 is 1.44 bits per heavy atom. The molecule has 1 saturated heterocycles. The first kappa shape index (κ1) is 20.0. The van der Waals surface area contributed by atoms with E-state index in [4.69, 9.17) is 11.6 Å². The van der Waals surface area contributed by atoms with Gasteiger partial charge in [-0.05, 0) is 57.2 Å². The van der Waals surface area contributed by atoms with E-state index in [0.29, 0.717) is 27.5 Å². The number of anilines is 1. The lowest BCUT2D eigenvalue weighted by Gasteiger charge is -2.33. The molecule has 0 radical (unpaired) electrons. The number of carbonyl (C=O) groups excluding carboxylic acids is 1. The molecule has 8 heteroatoms. The summed E-state index contributed by atoms with van der Waals surface area (Å²) < 4.78 is 2.86. The molecular formula is C19H26ClN5OS. The molecule has 1 atom stereocenters. The molecule has 3 rings (SSSR count). The van der Waals surface area contributed by atoms with Gasteiger partial charge in [0.25, 0.3) is 5.91 Å². The zero-order valence-electron chi connectivity index (χ0n) is 16.0. The summed E-state index contributed by atoms with van der Waals surface area (Å²) in [4.78, 5) is 19.6. The molecule has 3 heterocycles. The molecule has 146 valence electrons. The van der Waals surface area contributed by atoms with Crippen LogP contribution in [0.3, 0.4) is 0 Å². The van der Waals surface area contributed by atoms with Crippen molar-refractivity contribution < 1.29 is 4.79 Å². The van der Waals surface area contributed by atoms with E-state index in [2.05, 4.69) is 40.1 Å². The minimum absolute atomic E-state index is 0.0839. The van der Waals surface area contributed by atoms with Gasteiger partial charge in [-0.1, -0.05) is 18.2 Å². The molecule has 1 aromatic rings. The topological polar surface area (TPSA) is 60.8 Å². The van der Waals surface area contributed by atoms with Gasteiger partial charge in [0.15, 0.2) is 0 Å². The summed E-state index contributed by atoms with van der Waals surface area (Å²) in [7, 11) is 1.95. The first-order valence-electron chi connectivity index (χ1n) is 9.13. The first-order chi connectivity index (χ1) is 12.8. The molecule has 0 aliphatic carbocycles. The van der Waals surface area contributed by atoms with Crippen LogP contribution in [0.15, 0.2) is 29.9 Å². The van der Waals surface area contributed by atoms with Crippen LogP contribution < -0.4 is 9.62 Å². The highest BCUT2D eigenvalue weighted by molar-refractivity contribution is 8.13. The molecule has 2 bridgehead atoms. The number of hydrazone groups is 1. The fourth-order valence-corrected chi connectivity index (χ4v) is 4.56. The number of hydrogen-bond acceptors (Lipinski definition) is 6. The predicted octanol–water partition coefficient (Wildman–Crippen LogP) is 3.94. The largest absolute Gasteiger partial charge is 0.350 e. The Balaban J connectivity index is 2.00. The van der Waals surface area contributed by atoms with E-state index in [-0.39, 0.29) is 11.4 Å². The van der Waals surface area contributed by atoms with Gasteiger partial charge in [0.1, 0.15) is 16.0 Å². The van der Waals surface area contributed by atoms with E-state index >= 15 is 0 Å². The third kappa shape index (κ3) is 4.58. The van der Waals surface area contributed by atoms with Gasteiger partial charge in [-0.3, -0.25) is 14.5 Å². The Kier molecular flexibility index (Phi) is 6.01. The van der Waals surface area contributed by atoms with Crippen LogP contribution in [0.2, 0.25) is 5.15 Å². The summed E-state index contributed by atoms with van der Waals surface area (Å²) in [5.74, 6) is 0.984. The highest BCUT2D eigenvalue weighted by Gasteiger charge is 2.40. The lowest BCUT2D eigenvalue weighted by atomic mass is 9.93. The number of rotatable bonds is 1. The zero-order chi connectivity index (χ0) is 19.6. The Labute approximate surface area is 170 Å². The van der Waals surface area contributed by atoms with Crippen LogP contribution in [0.4, 0.5) is 5.82 Å². The standard InChI is InChI=1S/C19H26ClN5OS/c1-5-16-22-24(4)10-6-7-13-11-19(2,3)25(12-13)17-14(18(26)23-27-16)8-9-15(20)21-17/h5,8-9,13H,1,6-7,10-12H2,2-4H3,(H,23,26)/b22-16+. The van der Waals surface area contributed by atoms with Crippen molar-refractivity contribution in [3.05, 3.63) is 35.5 Å². The first-order valence-corrected chi connectivity index (χ1v) is 10.3. The van der Waals surface area contributed by atoms with Crippen molar-refractivity contribution in [3.63, 3.8) is 0 Å². The van der Waals surface area contributed by atoms with Crippen molar-refractivity contribution in [2.24, 2.45) is 11.0 Å². The second-order valence-electron chi connectivity index (χ2n) is 7.70. The molecule has 1 fully saturated rings. The van der Waals surface area contributed by atoms with Gasteiger partial charge in [-0.25, -0.2) is 4.98 Å². The normalized spacial score (nSPS) is 25.1. The van der Waals surface area contributed by atoms with E-state index in [1.807, 2.05) is 12.1 Å². The van der Waals surface area contributed by atoms with Crippen LogP contribution in [0.25, 0.3) is 0 Å². The highest BCUT2D eigenvalue weighted by Crippen LogP contribution is 2.39. The second kappa shape index (κ2) is 8.10. The summed E-state index contributed by atoms with van der Waals surface area (Å²) >= 11 is 7.33. The second-order valence-corrected chi connectivity index (χ2v) is 8.91. The predicted molar refractivity (Wildman–Crippen MR) is 113 cm³/mol. The molecule has 27 heavy (non-hydrogen) atoms. The van der Waals surface area contributed by atoms with Crippen molar-refractivity contribution in [1.29, 1.82) is 0 Å². The van der Waals surface area contributed by atoms with Crippen molar-refractivity contribution >= 4 is 40.3 Å². The Bertz CT molecular complexity index is 766. The maximum absolute atomic E-state index is 12.9. The van der Waals surface area contributed by atoms with Crippen molar-refractivity contribution in [2.45, 2.75) is 38.6 Å². The van der Waals surface area contributed by atoms with Crippen LogP contribution in [-0.4, -0.2) is 46.6 Å². The molecule has 6 nitrogen and oxygen atoms in total. The van der Waals surface area contributed by atoms with Gasteiger partial charge >= 0.3 is 0 Å². The average molecular weight is 408 g/mol. The molecule has 0 aromatic carbocycles. The Hall–Kier alpha value is -1.73. The lowest BCUT2D eigenvalue weighted by molar-refractivity contribution is 0.0985. The summed E-state index contributed by atoms with van der Waals surface area (Å²) in [5.41, 5.74) is 0.439. The maximum Gasteiger partial charge on any atom is 0.265 e. The van der Waals surface area contributed by atoms with E-state index in [1.165, 1.54) is 0 Å². The SMILES string of the molecule is C=C/C1=N\N(C)CCCC2CN(c3nc(Cl)ccc3C(=O)NS1)C(C)(C)C2. The monoisotopic (exact) mass is 407 g/mol. The molecule has 0 spiro atoms. The Morgan fingerprint density at radius 2 is 2.22 bits per heavy atom. The summed E-state index contributed by atoms with van der Waals surface area (Å²) in [5, 5.41) is 7.46. The van der Waals surface area contributed by atoms with Crippen LogP contribution in [-0.2, 0) is 0 Å². The fourth-order valence-electron chi connectivity index (χ4n) is 3.84. The number of pyridine rings is 1. The van der Waals surface area contributed by atoms with Crippen LogP contribution in [0, 0.1) is 5.92 Å². The molecule has 1 amide bonds. The highest BCUT2D eigenvalue weighted by atomic mass is 35.5. The molecular weight excluding hydrogens is 382 g/mol. The summed E-state index contributed by atoms with van der Waals surface area (Å²) in [6.07, 6.45) is 4.87. The maximum atomic E-state index is 12.9. The zero-order valence-corrected chi connectivity index (χ0v) is 17.6. The van der Waals surface area contributed by atoms with Gasteiger partial charge < -0.3 is 4.90 Å². The van der Waals surface area contributed by atoms with Gasteiger partial charge in [0.05, 0.1) is 5.56 Å². The number of halogens is 1. The van der Waals surface area contributed by atoms with Gasteiger partial charge in [0.2, 0.25) is 0 Å². The van der Waals surface area contributed by atoms with Crippen molar-refractivity contribution in [1.82, 2.24) is 14.7 Å². The minimum Gasteiger partial charge on any atom is -0.350 e. The number of nitrogens with one attached hydrogen (secondary N) is 1. The third-order valence-corrected chi connectivity index (χ3v) is 6.04.